The molecule has 2 aliphatic heterocycles. The van der Waals surface area contributed by atoms with Gasteiger partial charge in [0.1, 0.15) is 5.75 Å². The average Bonchev–Trinajstić information content (AvgIpc) is 3.27. The van der Waals surface area contributed by atoms with E-state index in [1.165, 1.54) is 0 Å². The molecule has 0 unspecified atom stereocenters. The van der Waals surface area contributed by atoms with Crippen LogP contribution in [0.1, 0.15) is 24.1 Å². The normalized spacial score (nSPS) is 15.8. The molecule has 0 amide bonds. The number of fused-ring (bicyclic) bond motifs is 2. The van der Waals surface area contributed by atoms with Gasteiger partial charge in [-0.15, -0.1) is 0 Å². The van der Waals surface area contributed by atoms with Crippen LogP contribution in [-0.4, -0.2) is 48.0 Å². The Bertz CT molecular complexity index is 1190. The summed E-state index contributed by atoms with van der Waals surface area (Å²) in [4.78, 5) is 23.0. The molecule has 0 spiro atoms. The Kier molecular flexibility index (Phi) is 5.08. The number of benzene rings is 2. The van der Waals surface area contributed by atoms with Crippen molar-refractivity contribution in [1.82, 2.24) is 9.97 Å². The lowest BCUT2D eigenvalue weighted by Gasteiger charge is -2.30. The number of aliphatic carboxylic acids is 1. The lowest BCUT2D eigenvalue weighted by Crippen LogP contribution is -2.37. The molecule has 3 N–H and O–H groups in total. The van der Waals surface area contributed by atoms with Crippen LogP contribution in [0.2, 0.25) is 0 Å². The van der Waals surface area contributed by atoms with E-state index in [4.69, 9.17) is 29.9 Å². The highest BCUT2D eigenvalue weighted by atomic mass is 16.7. The van der Waals surface area contributed by atoms with Crippen molar-refractivity contribution in [2.45, 2.75) is 19.3 Å². The van der Waals surface area contributed by atoms with E-state index >= 15 is 0 Å². The van der Waals surface area contributed by atoms with Crippen molar-refractivity contribution < 1.29 is 24.1 Å². The number of nitrogen functional groups attached to an aromatic ring is 1. The quantitative estimate of drug-likeness (QED) is 0.582. The van der Waals surface area contributed by atoms with Gasteiger partial charge in [-0.3, -0.25) is 4.79 Å². The number of hydrogen-bond acceptors (Lipinski definition) is 8. The van der Waals surface area contributed by atoms with Crippen LogP contribution >= 0.6 is 0 Å². The molecule has 5 rings (SSSR count). The van der Waals surface area contributed by atoms with Crippen LogP contribution in [0.4, 0.5) is 11.6 Å². The molecule has 2 aromatic carbocycles. The summed E-state index contributed by atoms with van der Waals surface area (Å²) in [6, 6.07) is 9.50. The second kappa shape index (κ2) is 8.07. The van der Waals surface area contributed by atoms with Gasteiger partial charge < -0.3 is 30.0 Å². The minimum absolute atomic E-state index is 0.218. The number of hydrogen-bond donors (Lipinski definition) is 2. The zero-order valence-corrected chi connectivity index (χ0v) is 17.7. The molecule has 1 aromatic heterocycles. The SMILES string of the molecule is COc1ccc2nc(N3CCC(C(=O)O)CC3)nc(Cc3ccc4c(c3)OCO4)c2c1N. The van der Waals surface area contributed by atoms with E-state index in [2.05, 4.69) is 0 Å². The Balaban J connectivity index is 1.55. The maximum absolute atomic E-state index is 11.3. The molecule has 2 aliphatic rings. The van der Waals surface area contributed by atoms with Gasteiger partial charge in [-0.1, -0.05) is 6.07 Å². The topological polar surface area (TPSA) is 120 Å². The van der Waals surface area contributed by atoms with Crippen molar-refractivity contribution in [2.24, 2.45) is 5.92 Å². The predicted octanol–water partition coefficient (Wildman–Crippen LogP) is 2.84. The van der Waals surface area contributed by atoms with Gasteiger partial charge in [0.2, 0.25) is 12.7 Å². The number of piperidine rings is 1. The summed E-state index contributed by atoms with van der Waals surface area (Å²) in [5, 5.41) is 10.1. The van der Waals surface area contributed by atoms with E-state index in [0.29, 0.717) is 55.5 Å². The number of rotatable bonds is 5. The molecule has 0 bridgehead atoms. The van der Waals surface area contributed by atoms with E-state index < -0.39 is 5.97 Å². The minimum Gasteiger partial charge on any atom is -0.495 e. The van der Waals surface area contributed by atoms with Crippen LogP contribution in [0.25, 0.3) is 10.9 Å². The number of ether oxygens (including phenoxy) is 3. The summed E-state index contributed by atoms with van der Waals surface area (Å²) in [6.45, 7) is 1.41. The maximum atomic E-state index is 11.3. The van der Waals surface area contributed by atoms with Crippen molar-refractivity contribution in [3.05, 3.63) is 41.6 Å². The number of nitrogens with two attached hydrogens (primary N) is 1. The molecule has 166 valence electrons. The van der Waals surface area contributed by atoms with Crippen molar-refractivity contribution in [1.29, 1.82) is 0 Å². The van der Waals surface area contributed by atoms with E-state index in [0.717, 1.165) is 27.9 Å². The number of carbonyl (C=O) groups is 1. The van der Waals surface area contributed by atoms with Gasteiger partial charge in [-0.05, 0) is 42.7 Å². The first-order chi connectivity index (χ1) is 15.5. The summed E-state index contributed by atoms with van der Waals surface area (Å²) >= 11 is 0. The summed E-state index contributed by atoms with van der Waals surface area (Å²) in [5.74, 6) is 1.53. The second-order valence-electron chi connectivity index (χ2n) is 8.01. The fourth-order valence-corrected chi connectivity index (χ4v) is 4.31. The largest absolute Gasteiger partial charge is 0.495 e. The monoisotopic (exact) mass is 436 g/mol. The Morgan fingerprint density at radius 1 is 1.19 bits per heavy atom. The number of carboxylic acid groups (broad SMARTS) is 1. The van der Waals surface area contributed by atoms with Gasteiger partial charge in [0.25, 0.3) is 0 Å². The lowest BCUT2D eigenvalue weighted by atomic mass is 9.97. The van der Waals surface area contributed by atoms with E-state index in [-0.39, 0.29) is 12.7 Å². The first-order valence-electron chi connectivity index (χ1n) is 10.5. The van der Waals surface area contributed by atoms with Crippen molar-refractivity contribution in [2.75, 3.05) is 37.6 Å². The van der Waals surface area contributed by atoms with Gasteiger partial charge in [-0.25, -0.2) is 9.97 Å². The van der Waals surface area contributed by atoms with Gasteiger partial charge in [-0.2, -0.15) is 0 Å². The Hall–Kier alpha value is -3.75. The Labute approximate surface area is 184 Å². The molecule has 3 aromatic rings. The fraction of sp³-hybridized carbons (Fsp3) is 0.348. The van der Waals surface area contributed by atoms with Crippen molar-refractivity contribution in [3.63, 3.8) is 0 Å². The van der Waals surface area contributed by atoms with Gasteiger partial charge in [0.15, 0.2) is 11.5 Å². The molecule has 3 heterocycles. The first kappa shape index (κ1) is 20.2. The third-order valence-electron chi connectivity index (χ3n) is 6.08. The highest BCUT2D eigenvalue weighted by molar-refractivity contribution is 5.96. The second-order valence-corrected chi connectivity index (χ2v) is 8.01. The predicted molar refractivity (Wildman–Crippen MR) is 118 cm³/mol. The molecule has 0 radical (unpaired) electrons. The minimum atomic E-state index is -0.743. The highest BCUT2D eigenvalue weighted by Crippen LogP contribution is 2.36. The summed E-state index contributed by atoms with van der Waals surface area (Å²) in [7, 11) is 1.58. The van der Waals surface area contributed by atoms with Crippen LogP contribution in [-0.2, 0) is 11.2 Å². The number of anilines is 2. The average molecular weight is 436 g/mol. The molecule has 1 fully saturated rings. The van der Waals surface area contributed by atoms with Gasteiger partial charge in [0.05, 0.1) is 29.9 Å². The number of aromatic nitrogens is 2. The first-order valence-corrected chi connectivity index (χ1v) is 10.5. The number of methoxy groups -OCH3 is 1. The zero-order valence-electron chi connectivity index (χ0n) is 17.7. The standard InChI is InChI=1S/C23H24N4O5/c1-30-18-5-3-15-20(21(18)24)16(10-13-2-4-17-19(11-13)32-12-31-17)26-23(25-15)27-8-6-14(7-9-27)22(28)29/h2-5,11,14H,6-10,12,24H2,1H3,(H,28,29). The summed E-state index contributed by atoms with van der Waals surface area (Å²) in [6.07, 6.45) is 1.66. The smallest absolute Gasteiger partial charge is 0.306 e. The number of nitrogens with zero attached hydrogens (tertiary/aromatic N) is 3. The molecule has 0 atom stereocenters. The van der Waals surface area contributed by atoms with Crippen LogP contribution in [0.5, 0.6) is 17.2 Å². The molecule has 0 saturated carbocycles. The third-order valence-corrected chi connectivity index (χ3v) is 6.08. The number of carboxylic acids is 1. The fourth-order valence-electron chi connectivity index (χ4n) is 4.31. The molecule has 0 aliphatic carbocycles. The molecule has 9 nitrogen and oxygen atoms in total. The lowest BCUT2D eigenvalue weighted by molar-refractivity contribution is -0.142. The van der Waals surface area contributed by atoms with Crippen molar-refractivity contribution in [3.8, 4) is 17.2 Å². The molecular formula is C23H24N4O5. The summed E-state index contributed by atoms with van der Waals surface area (Å²) < 4.78 is 16.3. The summed E-state index contributed by atoms with van der Waals surface area (Å²) in [5.41, 5.74) is 9.43. The molecule has 32 heavy (non-hydrogen) atoms. The molecular weight excluding hydrogens is 412 g/mol. The van der Waals surface area contributed by atoms with Crippen LogP contribution in [0, 0.1) is 5.92 Å². The maximum Gasteiger partial charge on any atom is 0.306 e. The van der Waals surface area contributed by atoms with Gasteiger partial charge in [0, 0.05) is 24.9 Å². The van der Waals surface area contributed by atoms with Gasteiger partial charge >= 0.3 is 5.97 Å². The molecule has 9 heteroatoms. The molecule has 1 saturated heterocycles. The van der Waals surface area contributed by atoms with Crippen LogP contribution in [0.15, 0.2) is 30.3 Å². The van der Waals surface area contributed by atoms with E-state index in [1.807, 2.05) is 29.2 Å². The van der Waals surface area contributed by atoms with Crippen LogP contribution < -0.4 is 24.8 Å². The zero-order chi connectivity index (χ0) is 22.2. The van der Waals surface area contributed by atoms with E-state index in [9.17, 15) is 9.90 Å². The Morgan fingerprint density at radius 3 is 2.72 bits per heavy atom. The van der Waals surface area contributed by atoms with E-state index in [1.54, 1.807) is 13.2 Å². The Morgan fingerprint density at radius 2 is 1.97 bits per heavy atom. The van der Waals surface area contributed by atoms with Crippen LogP contribution in [0.3, 0.4) is 0 Å². The highest BCUT2D eigenvalue weighted by Gasteiger charge is 2.27. The third kappa shape index (κ3) is 3.59. The van der Waals surface area contributed by atoms with Crippen molar-refractivity contribution >= 4 is 28.5 Å².